The number of ether oxygens (including phenoxy) is 1. The van der Waals surface area contributed by atoms with E-state index >= 15 is 0 Å². The number of rotatable bonds is 3. The molecule has 0 bridgehead atoms. The molecule has 154 valence electrons. The van der Waals surface area contributed by atoms with E-state index in [9.17, 15) is 14.0 Å². The third-order valence-electron chi connectivity index (χ3n) is 5.24. The molecule has 2 heterocycles. The van der Waals surface area contributed by atoms with E-state index in [2.05, 4.69) is 5.32 Å². The highest BCUT2D eigenvalue weighted by atomic mass is 19.1. The van der Waals surface area contributed by atoms with Gasteiger partial charge in [-0.2, -0.15) is 0 Å². The summed E-state index contributed by atoms with van der Waals surface area (Å²) >= 11 is 0. The molecule has 0 saturated carbocycles. The molecule has 6 nitrogen and oxygen atoms in total. The fraction of sp³-hybridized carbons (Fsp3) is 0.619. The molecule has 2 saturated heterocycles. The third kappa shape index (κ3) is 4.75. The quantitative estimate of drug-likeness (QED) is 0.858. The van der Waals surface area contributed by atoms with Crippen LogP contribution in [0.2, 0.25) is 0 Å². The zero-order chi connectivity index (χ0) is 20.5. The van der Waals surface area contributed by atoms with Crippen molar-refractivity contribution in [1.29, 1.82) is 0 Å². The highest BCUT2D eigenvalue weighted by molar-refractivity contribution is 5.95. The second kappa shape index (κ2) is 7.97. The van der Waals surface area contributed by atoms with Gasteiger partial charge in [0.25, 0.3) is 5.91 Å². The van der Waals surface area contributed by atoms with Crippen molar-refractivity contribution in [3.63, 3.8) is 0 Å². The number of alkyl carbamates (subject to hydrolysis) is 1. The Morgan fingerprint density at radius 1 is 1.18 bits per heavy atom. The van der Waals surface area contributed by atoms with Crippen LogP contribution in [0.1, 0.15) is 50.9 Å². The predicted molar refractivity (Wildman–Crippen MR) is 106 cm³/mol. The van der Waals surface area contributed by atoms with Crippen LogP contribution in [0.4, 0.5) is 14.9 Å². The number of hydrogen-bond acceptors (Lipinski definition) is 4. The van der Waals surface area contributed by atoms with Crippen molar-refractivity contribution in [1.82, 2.24) is 10.2 Å². The van der Waals surface area contributed by atoms with Crippen molar-refractivity contribution in [2.75, 3.05) is 31.1 Å². The highest BCUT2D eigenvalue weighted by Gasteiger charge is 2.35. The Labute approximate surface area is 166 Å². The number of carbonyl (C=O) groups is 2. The van der Waals surface area contributed by atoms with Crippen LogP contribution < -0.4 is 10.2 Å². The SMILES string of the molecule is C[C@H]1CN(C(=O)c2ccc(N3CCCC3)c(F)c2)C[C@@H]1NC(=O)OC(C)(C)C. The van der Waals surface area contributed by atoms with Crippen LogP contribution in [0.3, 0.4) is 0 Å². The first kappa shape index (κ1) is 20.4. The Hall–Kier alpha value is -2.31. The summed E-state index contributed by atoms with van der Waals surface area (Å²) in [6.07, 6.45) is 1.65. The van der Waals surface area contributed by atoms with Crippen molar-refractivity contribution >= 4 is 17.7 Å². The van der Waals surface area contributed by atoms with Gasteiger partial charge in [-0.25, -0.2) is 9.18 Å². The van der Waals surface area contributed by atoms with Crippen LogP contribution in [0, 0.1) is 11.7 Å². The van der Waals surface area contributed by atoms with Gasteiger partial charge in [0.1, 0.15) is 11.4 Å². The summed E-state index contributed by atoms with van der Waals surface area (Å²) in [7, 11) is 0. The van der Waals surface area contributed by atoms with Gasteiger partial charge in [-0.3, -0.25) is 4.79 Å². The minimum atomic E-state index is -0.573. The van der Waals surface area contributed by atoms with E-state index in [0.29, 0.717) is 24.3 Å². The van der Waals surface area contributed by atoms with Crippen LogP contribution in [-0.2, 0) is 4.74 Å². The zero-order valence-corrected chi connectivity index (χ0v) is 17.1. The smallest absolute Gasteiger partial charge is 0.407 e. The number of carbonyl (C=O) groups excluding carboxylic acids is 2. The second-order valence-electron chi connectivity index (χ2n) is 8.80. The predicted octanol–water partition coefficient (Wildman–Crippen LogP) is 3.41. The molecule has 1 aromatic carbocycles. The Kier molecular flexibility index (Phi) is 5.82. The van der Waals surface area contributed by atoms with E-state index in [0.717, 1.165) is 25.9 Å². The zero-order valence-electron chi connectivity index (χ0n) is 17.1. The number of likely N-dealkylation sites (tertiary alicyclic amines) is 1. The molecule has 28 heavy (non-hydrogen) atoms. The Bertz CT molecular complexity index is 741. The number of nitrogens with one attached hydrogen (secondary N) is 1. The maximum Gasteiger partial charge on any atom is 0.407 e. The van der Waals surface area contributed by atoms with Crippen molar-refractivity contribution in [2.24, 2.45) is 5.92 Å². The molecular weight excluding hydrogens is 361 g/mol. The maximum atomic E-state index is 14.5. The Morgan fingerprint density at radius 2 is 1.86 bits per heavy atom. The van der Waals surface area contributed by atoms with Crippen LogP contribution in [-0.4, -0.2) is 54.7 Å². The Balaban J connectivity index is 1.63. The standard InChI is InChI=1S/C21H30FN3O3/c1-14-12-25(13-17(14)23-20(27)28-21(2,3)4)19(26)15-7-8-18(16(22)11-15)24-9-5-6-10-24/h7-8,11,14,17H,5-6,9-10,12-13H2,1-4H3,(H,23,27)/t14-,17-/m0/s1. The normalized spacial score (nSPS) is 22.5. The molecule has 3 rings (SSSR count). The molecule has 2 aliphatic rings. The first-order valence-corrected chi connectivity index (χ1v) is 9.97. The van der Waals surface area contributed by atoms with E-state index in [4.69, 9.17) is 4.74 Å². The second-order valence-corrected chi connectivity index (χ2v) is 8.80. The summed E-state index contributed by atoms with van der Waals surface area (Å²) < 4.78 is 19.8. The van der Waals surface area contributed by atoms with Gasteiger partial charge in [0.2, 0.25) is 0 Å². The molecule has 2 aliphatic heterocycles. The first-order valence-electron chi connectivity index (χ1n) is 9.97. The molecule has 0 unspecified atom stereocenters. The topological polar surface area (TPSA) is 61.9 Å². The van der Waals surface area contributed by atoms with Gasteiger partial charge in [0.05, 0.1) is 11.7 Å². The molecule has 0 spiro atoms. The molecule has 1 aromatic rings. The van der Waals surface area contributed by atoms with Crippen LogP contribution in [0.15, 0.2) is 18.2 Å². The van der Waals surface area contributed by atoms with Crippen molar-refractivity contribution in [3.05, 3.63) is 29.6 Å². The monoisotopic (exact) mass is 391 g/mol. The molecule has 0 radical (unpaired) electrons. The minimum absolute atomic E-state index is 0.0881. The molecule has 7 heteroatoms. The average Bonchev–Trinajstić information content (AvgIpc) is 3.23. The average molecular weight is 391 g/mol. The summed E-state index contributed by atoms with van der Waals surface area (Å²) in [6.45, 7) is 10.00. The van der Waals surface area contributed by atoms with Gasteiger partial charge in [-0.05, 0) is 57.7 Å². The lowest BCUT2D eigenvalue weighted by atomic mass is 10.1. The Morgan fingerprint density at radius 3 is 2.46 bits per heavy atom. The van der Waals surface area contributed by atoms with Gasteiger partial charge in [0.15, 0.2) is 0 Å². The van der Waals surface area contributed by atoms with Gasteiger partial charge < -0.3 is 19.9 Å². The number of nitrogens with zero attached hydrogens (tertiary/aromatic N) is 2. The highest BCUT2D eigenvalue weighted by Crippen LogP contribution is 2.26. The van der Waals surface area contributed by atoms with Crippen LogP contribution in [0.25, 0.3) is 0 Å². The van der Waals surface area contributed by atoms with Gasteiger partial charge >= 0.3 is 6.09 Å². The van der Waals surface area contributed by atoms with Crippen LogP contribution in [0.5, 0.6) is 0 Å². The molecule has 2 amide bonds. The first-order chi connectivity index (χ1) is 13.1. The summed E-state index contributed by atoms with van der Waals surface area (Å²) in [5, 5.41) is 2.84. The summed E-state index contributed by atoms with van der Waals surface area (Å²) in [5.41, 5.74) is 0.328. The van der Waals surface area contributed by atoms with E-state index < -0.39 is 11.7 Å². The maximum absolute atomic E-state index is 14.5. The molecule has 0 aromatic heterocycles. The van der Waals surface area contributed by atoms with Gasteiger partial charge in [-0.1, -0.05) is 6.92 Å². The third-order valence-corrected chi connectivity index (χ3v) is 5.24. The molecule has 0 aliphatic carbocycles. The molecular formula is C21H30FN3O3. The van der Waals surface area contributed by atoms with E-state index in [1.165, 1.54) is 6.07 Å². The van der Waals surface area contributed by atoms with E-state index in [-0.39, 0.29) is 23.7 Å². The van der Waals surface area contributed by atoms with Gasteiger partial charge in [-0.15, -0.1) is 0 Å². The summed E-state index contributed by atoms with van der Waals surface area (Å²) in [6, 6.07) is 4.53. The van der Waals surface area contributed by atoms with Crippen molar-refractivity contribution < 1.29 is 18.7 Å². The van der Waals surface area contributed by atoms with Crippen molar-refractivity contribution in [3.8, 4) is 0 Å². The number of halogens is 1. The number of anilines is 1. The lowest BCUT2D eigenvalue weighted by molar-refractivity contribution is 0.0494. The molecule has 1 N–H and O–H groups in total. The minimum Gasteiger partial charge on any atom is -0.444 e. The van der Waals surface area contributed by atoms with E-state index in [1.807, 2.05) is 11.8 Å². The van der Waals surface area contributed by atoms with Crippen molar-refractivity contribution in [2.45, 2.75) is 52.2 Å². The summed E-state index contributed by atoms with van der Waals surface area (Å²) in [5.74, 6) is -0.485. The van der Waals surface area contributed by atoms with E-state index in [1.54, 1.807) is 37.8 Å². The summed E-state index contributed by atoms with van der Waals surface area (Å²) in [4.78, 5) is 28.5. The number of benzene rings is 1. The number of hydrogen-bond donors (Lipinski definition) is 1. The molecule has 2 fully saturated rings. The van der Waals surface area contributed by atoms with Gasteiger partial charge in [0, 0.05) is 31.7 Å². The fourth-order valence-electron chi connectivity index (χ4n) is 3.82. The fourth-order valence-corrected chi connectivity index (χ4v) is 3.82. The molecule has 2 atom stereocenters. The lowest BCUT2D eigenvalue weighted by Crippen LogP contribution is -2.43. The lowest BCUT2D eigenvalue weighted by Gasteiger charge is -2.23. The largest absolute Gasteiger partial charge is 0.444 e. The van der Waals surface area contributed by atoms with Crippen LogP contribution >= 0.6 is 0 Å². The number of amides is 2.